The summed E-state index contributed by atoms with van der Waals surface area (Å²) in [6, 6.07) is 6.33. The number of carbonyl (C=O) groups is 1. The fourth-order valence-electron chi connectivity index (χ4n) is 2.78. The molecule has 1 aromatic rings. The predicted octanol–water partition coefficient (Wildman–Crippen LogP) is 3.05. The van der Waals surface area contributed by atoms with Crippen molar-refractivity contribution in [3.63, 3.8) is 0 Å². The van der Waals surface area contributed by atoms with Crippen molar-refractivity contribution in [3.05, 3.63) is 29.3 Å². The van der Waals surface area contributed by atoms with Gasteiger partial charge in [0.15, 0.2) is 0 Å². The number of carbonyl (C=O) groups excluding carboxylic acids is 1. The van der Waals surface area contributed by atoms with Crippen LogP contribution in [-0.2, 0) is 11.2 Å². The first-order valence-corrected chi connectivity index (χ1v) is 7.52. The molecule has 3 heteroatoms. The number of aryl methyl sites for hydroxylation is 2. The van der Waals surface area contributed by atoms with Crippen LogP contribution in [0.1, 0.15) is 44.7 Å². The first-order valence-electron chi connectivity index (χ1n) is 7.52. The maximum Gasteiger partial charge on any atom is 0.228 e. The zero-order chi connectivity index (χ0) is 14.8. The van der Waals surface area contributed by atoms with Gasteiger partial charge in [-0.3, -0.25) is 4.79 Å². The number of amides is 1. The minimum atomic E-state index is 0.0655. The molecule has 0 unspecified atom stereocenters. The number of anilines is 1. The third kappa shape index (κ3) is 3.60. The molecule has 1 amide bonds. The molecule has 0 aliphatic carbocycles. The molecule has 1 aromatic carbocycles. The standard InChI is InChI=1S/C17H26N2O/c1-13-7-5-8-14-9-6-12-19(16(13)14)15(20)10-11-18-17(2,3)4/h5,7-8,18H,6,9-12H2,1-4H3. The molecule has 0 saturated carbocycles. The van der Waals surface area contributed by atoms with Gasteiger partial charge in [-0.15, -0.1) is 0 Å². The summed E-state index contributed by atoms with van der Waals surface area (Å²) >= 11 is 0. The molecule has 1 aliphatic rings. The molecule has 0 spiro atoms. The number of nitrogens with one attached hydrogen (secondary N) is 1. The number of para-hydroxylation sites is 1. The largest absolute Gasteiger partial charge is 0.312 e. The van der Waals surface area contributed by atoms with E-state index in [0.29, 0.717) is 6.42 Å². The number of hydrogen-bond acceptors (Lipinski definition) is 2. The van der Waals surface area contributed by atoms with Gasteiger partial charge in [0.1, 0.15) is 0 Å². The predicted molar refractivity (Wildman–Crippen MR) is 84.2 cm³/mol. The maximum atomic E-state index is 12.5. The van der Waals surface area contributed by atoms with Crippen LogP contribution in [0.3, 0.4) is 0 Å². The molecule has 0 bridgehead atoms. The van der Waals surface area contributed by atoms with Crippen LogP contribution in [0.5, 0.6) is 0 Å². The summed E-state index contributed by atoms with van der Waals surface area (Å²) in [5.74, 6) is 0.233. The molecule has 0 saturated heterocycles. The average molecular weight is 274 g/mol. The fourth-order valence-corrected chi connectivity index (χ4v) is 2.78. The Bertz CT molecular complexity index is 488. The van der Waals surface area contributed by atoms with Crippen molar-refractivity contribution in [3.8, 4) is 0 Å². The third-order valence-electron chi connectivity index (χ3n) is 3.71. The first-order chi connectivity index (χ1) is 9.38. The highest BCUT2D eigenvalue weighted by Gasteiger charge is 2.23. The molecular weight excluding hydrogens is 248 g/mol. The lowest BCUT2D eigenvalue weighted by Gasteiger charge is -2.31. The van der Waals surface area contributed by atoms with Crippen LogP contribution in [0.25, 0.3) is 0 Å². The van der Waals surface area contributed by atoms with Crippen LogP contribution in [0.2, 0.25) is 0 Å². The van der Waals surface area contributed by atoms with Crippen LogP contribution in [-0.4, -0.2) is 24.5 Å². The lowest BCUT2D eigenvalue weighted by molar-refractivity contribution is -0.118. The highest BCUT2D eigenvalue weighted by molar-refractivity contribution is 5.95. The molecule has 2 rings (SSSR count). The summed E-state index contributed by atoms with van der Waals surface area (Å²) in [7, 11) is 0. The number of benzene rings is 1. The van der Waals surface area contributed by atoms with Crippen molar-refractivity contribution < 1.29 is 4.79 Å². The summed E-state index contributed by atoms with van der Waals surface area (Å²) in [6.45, 7) is 10.1. The van der Waals surface area contributed by atoms with Gasteiger partial charge in [0, 0.05) is 30.7 Å². The van der Waals surface area contributed by atoms with Gasteiger partial charge in [-0.2, -0.15) is 0 Å². The second-order valence-corrected chi connectivity index (χ2v) is 6.66. The lowest BCUT2D eigenvalue weighted by Crippen LogP contribution is -2.41. The maximum absolute atomic E-state index is 12.5. The van der Waals surface area contributed by atoms with E-state index in [2.05, 4.69) is 51.2 Å². The fraction of sp³-hybridized carbons (Fsp3) is 0.588. The lowest BCUT2D eigenvalue weighted by atomic mass is 9.98. The molecule has 110 valence electrons. The van der Waals surface area contributed by atoms with Crippen molar-refractivity contribution >= 4 is 11.6 Å². The van der Waals surface area contributed by atoms with E-state index in [9.17, 15) is 4.79 Å². The Kier molecular flexibility index (Phi) is 4.48. The van der Waals surface area contributed by atoms with Crippen LogP contribution in [0.4, 0.5) is 5.69 Å². The molecule has 0 atom stereocenters. The third-order valence-corrected chi connectivity index (χ3v) is 3.71. The van der Waals surface area contributed by atoms with E-state index < -0.39 is 0 Å². The van der Waals surface area contributed by atoms with E-state index in [-0.39, 0.29) is 11.4 Å². The summed E-state index contributed by atoms with van der Waals surface area (Å²) < 4.78 is 0. The Labute approximate surface area is 122 Å². The molecule has 3 nitrogen and oxygen atoms in total. The first kappa shape index (κ1) is 15.0. The van der Waals surface area contributed by atoms with Crippen molar-refractivity contribution in [2.24, 2.45) is 0 Å². The van der Waals surface area contributed by atoms with Crippen molar-refractivity contribution in [2.45, 2.75) is 52.5 Å². The highest BCUT2D eigenvalue weighted by atomic mass is 16.2. The van der Waals surface area contributed by atoms with Crippen molar-refractivity contribution in [2.75, 3.05) is 18.0 Å². The van der Waals surface area contributed by atoms with Crippen LogP contribution >= 0.6 is 0 Å². The summed E-state index contributed by atoms with van der Waals surface area (Å²) in [5, 5.41) is 3.38. The van der Waals surface area contributed by atoms with Gasteiger partial charge >= 0.3 is 0 Å². The number of rotatable bonds is 3. The van der Waals surface area contributed by atoms with Gasteiger partial charge in [-0.05, 0) is 51.7 Å². The molecule has 0 radical (unpaired) electrons. The van der Waals surface area contributed by atoms with Crippen LogP contribution < -0.4 is 10.2 Å². The Morgan fingerprint density at radius 2 is 2.10 bits per heavy atom. The second kappa shape index (κ2) is 5.96. The van der Waals surface area contributed by atoms with Crippen molar-refractivity contribution in [1.82, 2.24) is 5.32 Å². The monoisotopic (exact) mass is 274 g/mol. The zero-order valence-electron chi connectivity index (χ0n) is 13.1. The smallest absolute Gasteiger partial charge is 0.228 e. The Morgan fingerprint density at radius 1 is 1.35 bits per heavy atom. The van der Waals surface area contributed by atoms with E-state index in [1.165, 1.54) is 11.1 Å². The van der Waals surface area contributed by atoms with Gasteiger partial charge in [0.25, 0.3) is 0 Å². The molecular formula is C17H26N2O. The minimum Gasteiger partial charge on any atom is -0.312 e. The zero-order valence-corrected chi connectivity index (χ0v) is 13.1. The summed E-state index contributed by atoms with van der Waals surface area (Å²) in [4.78, 5) is 14.5. The van der Waals surface area contributed by atoms with Crippen molar-refractivity contribution in [1.29, 1.82) is 0 Å². The van der Waals surface area contributed by atoms with E-state index in [1.54, 1.807) is 0 Å². The van der Waals surface area contributed by atoms with Crippen LogP contribution in [0, 0.1) is 6.92 Å². The minimum absolute atomic E-state index is 0.0655. The normalized spacial score (nSPS) is 15.1. The van der Waals surface area contributed by atoms with Gasteiger partial charge < -0.3 is 10.2 Å². The van der Waals surface area contributed by atoms with Gasteiger partial charge in [0.2, 0.25) is 5.91 Å². The van der Waals surface area contributed by atoms with E-state index in [1.807, 2.05) is 4.90 Å². The second-order valence-electron chi connectivity index (χ2n) is 6.66. The van der Waals surface area contributed by atoms with E-state index in [0.717, 1.165) is 31.6 Å². The molecule has 0 aromatic heterocycles. The quantitative estimate of drug-likeness (QED) is 0.919. The van der Waals surface area contributed by atoms with Gasteiger partial charge in [-0.25, -0.2) is 0 Å². The molecule has 1 heterocycles. The highest BCUT2D eigenvalue weighted by Crippen LogP contribution is 2.30. The Balaban J connectivity index is 2.06. The summed E-state index contributed by atoms with van der Waals surface area (Å²) in [6.07, 6.45) is 2.71. The SMILES string of the molecule is Cc1cccc2c1N(C(=O)CCNC(C)(C)C)CCC2. The van der Waals surface area contributed by atoms with Gasteiger partial charge in [0.05, 0.1) is 0 Å². The molecule has 20 heavy (non-hydrogen) atoms. The number of fused-ring (bicyclic) bond motifs is 1. The molecule has 0 fully saturated rings. The van der Waals surface area contributed by atoms with Crippen LogP contribution in [0.15, 0.2) is 18.2 Å². The molecule has 1 N–H and O–H groups in total. The number of hydrogen-bond donors (Lipinski definition) is 1. The van der Waals surface area contributed by atoms with Gasteiger partial charge in [-0.1, -0.05) is 18.2 Å². The topological polar surface area (TPSA) is 32.3 Å². The number of nitrogens with zero attached hydrogens (tertiary/aromatic N) is 1. The Hall–Kier alpha value is -1.35. The Morgan fingerprint density at radius 3 is 2.80 bits per heavy atom. The average Bonchev–Trinajstić information content (AvgIpc) is 2.37. The van der Waals surface area contributed by atoms with E-state index in [4.69, 9.17) is 0 Å². The molecule has 1 aliphatic heterocycles. The van der Waals surface area contributed by atoms with E-state index >= 15 is 0 Å². The summed E-state index contributed by atoms with van der Waals surface area (Å²) in [5.41, 5.74) is 3.74.